The number of hydrogen-bond donors (Lipinski definition) is 1. The number of benzene rings is 1. The SMILES string of the molecule is CCNC(=O)COc1ccc(C(=O)OC)cc1Br. The maximum atomic E-state index is 11.3. The molecule has 0 aliphatic rings. The van der Waals surface area contributed by atoms with Crippen molar-refractivity contribution in [1.82, 2.24) is 5.32 Å². The lowest BCUT2D eigenvalue weighted by atomic mass is 10.2. The molecule has 6 heteroatoms. The van der Waals surface area contributed by atoms with Crippen LogP contribution in [0.4, 0.5) is 0 Å². The van der Waals surface area contributed by atoms with Crippen molar-refractivity contribution in [3.05, 3.63) is 28.2 Å². The molecule has 1 N–H and O–H groups in total. The third kappa shape index (κ3) is 4.03. The summed E-state index contributed by atoms with van der Waals surface area (Å²) in [4.78, 5) is 22.5. The Labute approximate surface area is 114 Å². The molecular weight excluding hydrogens is 302 g/mol. The van der Waals surface area contributed by atoms with E-state index >= 15 is 0 Å². The van der Waals surface area contributed by atoms with Crippen molar-refractivity contribution >= 4 is 27.8 Å². The fourth-order valence-corrected chi connectivity index (χ4v) is 1.75. The molecule has 0 saturated heterocycles. The van der Waals surface area contributed by atoms with E-state index in [9.17, 15) is 9.59 Å². The van der Waals surface area contributed by atoms with Crippen molar-refractivity contribution in [2.24, 2.45) is 0 Å². The van der Waals surface area contributed by atoms with Crippen LogP contribution in [0.25, 0.3) is 0 Å². The van der Waals surface area contributed by atoms with Crippen molar-refractivity contribution in [3.8, 4) is 5.75 Å². The molecule has 0 bridgehead atoms. The Hall–Kier alpha value is -1.56. The van der Waals surface area contributed by atoms with E-state index in [1.807, 2.05) is 6.92 Å². The predicted octanol–water partition coefficient (Wildman–Crippen LogP) is 1.75. The highest BCUT2D eigenvalue weighted by Crippen LogP contribution is 2.26. The normalized spacial score (nSPS) is 9.72. The molecule has 0 heterocycles. The van der Waals surface area contributed by atoms with Crippen LogP contribution in [-0.2, 0) is 9.53 Å². The van der Waals surface area contributed by atoms with Crippen LogP contribution in [0.3, 0.4) is 0 Å². The first-order valence-electron chi connectivity index (χ1n) is 5.35. The molecule has 0 fully saturated rings. The Bertz CT molecular complexity index is 448. The molecule has 18 heavy (non-hydrogen) atoms. The van der Waals surface area contributed by atoms with E-state index in [1.165, 1.54) is 7.11 Å². The fraction of sp³-hybridized carbons (Fsp3) is 0.333. The van der Waals surface area contributed by atoms with E-state index in [1.54, 1.807) is 18.2 Å². The Morgan fingerprint density at radius 1 is 1.39 bits per heavy atom. The molecule has 5 nitrogen and oxygen atoms in total. The number of halogens is 1. The summed E-state index contributed by atoms with van der Waals surface area (Å²) < 4.78 is 10.5. The highest BCUT2D eigenvalue weighted by atomic mass is 79.9. The van der Waals surface area contributed by atoms with Crippen molar-refractivity contribution in [3.63, 3.8) is 0 Å². The summed E-state index contributed by atoms with van der Waals surface area (Å²) in [5, 5.41) is 2.62. The van der Waals surface area contributed by atoms with Gasteiger partial charge in [-0.3, -0.25) is 4.79 Å². The summed E-state index contributed by atoms with van der Waals surface area (Å²) in [7, 11) is 1.32. The quantitative estimate of drug-likeness (QED) is 0.841. The lowest BCUT2D eigenvalue weighted by molar-refractivity contribution is -0.123. The summed E-state index contributed by atoms with van der Waals surface area (Å²) in [5.74, 6) is -0.124. The third-order valence-electron chi connectivity index (χ3n) is 2.09. The number of nitrogens with one attached hydrogen (secondary N) is 1. The molecule has 1 amide bonds. The molecule has 0 aromatic heterocycles. The van der Waals surface area contributed by atoms with Crippen molar-refractivity contribution in [2.75, 3.05) is 20.3 Å². The van der Waals surface area contributed by atoms with Gasteiger partial charge in [-0.2, -0.15) is 0 Å². The first-order chi connectivity index (χ1) is 8.58. The molecule has 0 aliphatic heterocycles. The number of carbonyl (C=O) groups is 2. The molecule has 0 spiro atoms. The number of amides is 1. The van der Waals surface area contributed by atoms with E-state index in [0.717, 1.165) is 0 Å². The van der Waals surface area contributed by atoms with Gasteiger partial charge in [0.2, 0.25) is 0 Å². The minimum Gasteiger partial charge on any atom is -0.483 e. The lowest BCUT2D eigenvalue weighted by Gasteiger charge is -2.09. The number of methoxy groups -OCH3 is 1. The van der Waals surface area contributed by atoms with E-state index in [-0.39, 0.29) is 12.5 Å². The zero-order chi connectivity index (χ0) is 13.5. The van der Waals surface area contributed by atoms with Gasteiger partial charge in [0.05, 0.1) is 17.1 Å². The van der Waals surface area contributed by atoms with E-state index < -0.39 is 5.97 Å². The molecule has 0 saturated carbocycles. The minimum absolute atomic E-state index is 0.0655. The van der Waals surface area contributed by atoms with Crippen LogP contribution < -0.4 is 10.1 Å². The monoisotopic (exact) mass is 315 g/mol. The van der Waals surface area contributed by atoms with Crippen LogP contribution >= 0.6 is 15.9 Å². The van der Waals surface area contributed by atoms with Crippen molar-refractivity contribution < 1.29 is 19.1 Å². The minimum atomic E-state index is -0.425. The van der Waals surface area contributed by atoms with Crippen molar-refractivity contribution in [2.45, 2.75) is 6.92 Å². The van der Waals surface area contributed by atoms with Gasteiger partial charge in [-0.1, -0.05) is 0 Å². The summed E-state index contributed by atoms with van der Waals surface area (Å²) in [6.07, 6.45) is 0. The zero-order valence-electron chi connectivity index (χ0n) is 10.2. The Kier molecular flexibility index (Phi) is 5.64. The second-order valence-corrected chi connectivity index (χ2v) is 4.23. The summed E-state index contributed by atoms with van der Waals surface area (Å²) in [6.45, 7) is 2.33. The number of rotatable bonds is 5. The third-order valence-corrected chi connectivity index (χ3v) is 2.71. The topological polar surface area (TPSA) is 64.6 Å². The van der Waals surface area contributed by atoms with Gasteiger partial charge in [0, 0.05) is 6.54 Å². The predicted molar refractivity (Wildman–Crippen MR) is 69.7 cm³/mol. The second kappa shape index (κ2) is 7.00. The Morgan fingerprint density at radius 3 is 2.67 bits per heavy atom. The van der Waals surface area contributed by atoms with Crippen LogP contribution in [-0.4, -0.2) is 32.1 Å². The van der Waals surface area contributed by atoms with Gasteiger partial charge < -0.3 is 14.8 Å². The molecule has 1 rings (SSSR count). The van der Waals surface area contributed by atoms with Crippen LogP contribution in [0.1, 0.15) is 17.3 Å². The molecular formula is C12H14BrNO4. The summed E-state index contributed by atoms with van der Waals surface area (Å²) in [6, 6.07) is 4.76. The number of esters is 1. The zero-order valence-corrected chi connectivity index (χ0v) is 11.7. The standard InChI is InChI=1S/C12H14BrNO4/c1-3-14-11(15)7-18-10-5-4-8(6-9(10)13)12(16)17-2/h4-6H,3,7H2,1-2H3,(H,14,15). The Morgan fingerprint density at radius 2 is 2.11 bits per heavy atom. The highest BCUT2D eigenvalue weighted by molar-refractivity contribution is 9.10. The Balaban J connectivity index is 2.68. The molecule has 1 aromatic rings. The van der Waals surface area contributed by atoms with E-state index in [4.69, 9.17) is 4.74 Å². The highest BCUT2D eigenvalue weighted by Gasteiger charge is 2.10. The molecule has 0 unspecified atom stereocenters. The van der Waals surface area contributed by atoms with E-state index in [0.29, 0.717) is 22.3 Å². The number of likely N-dealkylation sites (N-methyl/N-ethyl adjacent to an activating group) is 1. The number of ether oxygens (including phenoxy) is 2. The molecule has 1 aromatic carbocycles. The van der Waals surface area contributed by atoms with Gasteiger partial charge in [0.1, 0.15) is 5.75 Å². The number of hydrogen-bond acceptors (Lipinski definition) is 4. The lowest BCUT2D eigenvalue weighted by Crippen LogP contribution is -2.28. The summed E-state index contributed by atoms with van der Waals surface area (Å²) >= 11 is 3.27. The smallest absolute Gasteiger partial charge is 0.337 e. The molecule has 0 atom stereocenters. The first-order valence-corrected chi connectivity index (χ1v) is 6.15. The largest absolute Gasteiger partial charge is 0.483 e. The number of carbonyl (C=O) groups excluding carboxylic acids is 2. The maximum absolute atomic E-state index is 11.3. The first kappa shape index (κ1) is 14.5. The summed E-state index contributed by atoms with van der Waals surface area (Å²) in [5.41, 5.74) is 0.412. The molecule has 0 radical (unpaired) electrons. The van der Waals surface area contributed by atoms with Gasteiger partial charge in [0.15, 0.2) is 6.61 Å². The van der Waals surface area contributed by atoms with Crippen molar-refractivity contribution in [1.29, 1.82) is 0 Å². The molecule has 0 aliphatic carbocycles. The fourth-order valence-electron chi connectivity index (χ4n) is 1.25. The van der Waals surface area contributed by atoms with Crippen LogP contribution in [0, 0.1) is 0 Å². The average Bonchev–Trinajstić information content (AvgIpc) is 2.36. The van der Waals surface area contributed by atoms with Gasteiger partial charge >= 0.3 is 5.97 Å². The van der Waals surface area contributed by atoms with Crippen LogP contribution in [0.15, 0.2) is 22.7 Å². The van der Waals surface area contributed by atoms with Gasteiger partial charge in [-0.15, -0.1) is 0 Å². The van der Waals surface area contributed by atoms with E-state index in [2.05, 4.69) is 26.0 Å². The molecule has 98 valence electrons. The second-order valence-electron chi connectivity index (χ2n) is 3.38. The van der Waals surface area contributed by atoms with Crippen LogP contribution in [0.2, 0.25) is 0 Å². The van der Waals surface area contributed by atoms with Crippen LogP contribution in [0.5, 0.6) is 5.75 Å². The van der Waals surface area contributed by atoms with Gasteiger partial charge in [-0.05, 0) is 41.1 Å². The van der Waals surface area contributed by atoms with Gasteiger partial charge in [-0.25, -0.2) is 4.79 Å². The average molecular weight is 316 g/mol. The van der Waals surface area contributed by atoms with Gasteiger partial charge in [0.25, 0.3) is 5.91 Å². The maximum Gasteiger partial charge on any atom is 0.337 e.